The van der Waals surface area contributed by atoms with Gasteiger partial charge < -0.3 is 10.1 Å². The molecule has 1 aromatic carbocycles. The van der Waals surface area contributed by atoms with Crippen LogP contribution in [0.5, 0.6) is 5.75 Å². The van der Waals surface area contributed by atoms with Crippen molar-refractivity contribution < 1.29 is 4.74 Å². The summed E-state index contributed by atoms with van der Waals surface area (Å²) in [6, 6.07) is 4.22. The van der Waals surface area contributed by atoms with E-state index in [0.717, 1.165) is 40.6 Å². The molecular weight excluding hydrogens is 382 g/mol. The molecule has 112 valence electrons. The summed E-state index contributed by atoms with van der Waals surface area (Å²) in [6.45, 7) is 10.7. The van der Waals surface area contributed by atoms with Gasteiger partial charge in [0.1, 0.15) is 5.75 Å². The molecule has 0 fully saturated rings. The number of hydrogen-bond donors (Lipinski definition) is 1. The van der Waals surface area contributed by atoms with Crippen LogP contribution in [0.2, 0.25) is 0 Å². The summed E-state index contributed by atoms with van der Waals surface area (Å²) < 4.78 is 7.79. The summed E-state index contributed by atoms with van der Waals surface area (Å²) in [5, 5.41) is 3.44. The van der Waals surface area contributed by atoms with E-state index < -0.39 is 0 Å². The van der Waals surface area contributed by atoms with Gasteiger partial charge in [-0.1, -0.05) is 19.9 Å². The van der Waals surface area contributed by atoms with Gasteiger partial charge in [-0.3, -0.25) is 0 Å². The number of rotatable bonds is 9. The SMILES string of the molecule is C=CCCCOc1c(Br)cc(CNCC(C)C)cc1Br. The Bertz CT molecular complexity index is 409. The number of unbranched alkanes of at least 4 members (excludes halogenated alkanes) is 1. The highest BCUT2D eigenvalue weighted by molar-refractivity contribution is 9.11. The number of ether oxygens (including phenoxy) is 1. The minimum atomic E-state index is 0.661. The van der Waals surface area contributed by atoms with Crippen molar-refractivity contribution >= 4 is 31.9 Å². The molecule has 0 saturated heterocycles. The van der Waals surface area contributed by atoms with Crippen molar-refractivity contribution in [2.45, 2.75) is 33.2 Å². The summed E-state index contributed by atoms with van der Waals surface area (Å²) in [7, 11) is 0. The molecule has 1 rings (SSSR count). The Labute approximate surface area is 139 Å². The smallest absolute Gasteiger partial charge is 0.147 e. The van der Waals surface area contributed by atoms with E-state index in [-0.39, 0.29) is 0 Å². The molecule has 0 aliphatic heterocycles. The fourth-order valence-electron chi connectivity index (χ4n) is 1.76. The Morgan fingerprint density at radius 1 is 1.30 bits per heavy atom. The van der Waals surface area contributed by atoms with Crippen LogP contribution in [-0.2, 0) is 6.54 Å². The van der Waals surface area contributed by atoms with Crippen LogP contribution in [0.4, 0.5) is 0 Å². The van der Waals surface area contributed by atoms with E-state index >= 15 is 0 Å². The number of nitrogens with one attached hydrogen (secondary N) is 1. The lowest BCUT2D eigenvalue weighted by Crippen LogP contribution is -2.19. The van der Waals surface area contributed by atoms with Crippen LogP contribution in [0.25, 0.3) is 0 Å². The third-order valence-corrected chi connectivity index (χ3v) is 3.92. The molecule has 0 atom stereocenters. The molecular formula is C16H23Br2NO. The lowest BCUT2D eigenvalue weighted by Gasteiger charge is -2.13. The molecule has 20 heavy (non-hydrogen) atoms. The standard InChI is InChI=1S/C16H23Br2NO/c1-4-5-6-7-20-16-14(17)8-13(9-15(16)18)11-19-10-12(2)3/h4,8-9,12,19H,1,5-7,10-11H2,2-3H3. The van der Waals surface area contributed by atoms with Crippen LogP contribution in [0.3, 0.4) is 0 Å². The molecule has 0 unspecified atom stereocenters. The molecule has 0 aliphatic rings. The second-order valence-corrected chi connectivity index (χ2v) is 6.90. The normalized spacial score (nSPS) is 10.8. The molecule has 2 nitrogen and oxygen atoms in total. The summed E-state index contributed by atoms with van der Waals surface area (Å²) in [4.78, 5) is 0. The van der Waals surface area contributed by atoms with Crippen molar-refractivity contribution in [3.8, 4) is 5.75 Å². The van der Waals surface area contributed by atoms with Crippen LogP contribution in [0, 0.1) is 5.92 Å². The number of benzene rings is 1. The minimum absolute atomic E-state index is 0.661. The zero-order valence-electron chi connectivity index (χ0n) is 12.2. The quantitative estimate of drug-likeness (QED) is 0.445. The third kappa shape index (κ3) is 6.42. The van der Waals surface area contributed by atoms with Crippen molar-refractivity contribution in [2.75, 3.05) is 13.2 Å². The van der Waals surface area contributed by atoms with Gasteiger partial charge >= 0.3 is 0 Å². The van der Waals surface area contributed by atoms with E-state index in [0.29, 0.717) is 12.5 Å². The zero-order chi connectivity index (χ0) is 15.0. The molecule has 1 N–H and O–H groups in total. The van der Waals surface area contributed by atoms with Gasteiger partial charge in [0.25, 0.3) is 0 Å². The number of allylic oxidation sites excluding steroid dienone is 1. The van der Waals surface area contributed by atoms with E-state index in [1.807, 2.05) is 6.08 Å². The Balaban J connectivity index is 2.58. The highest BCUT2D eigenvalue weighted by atomic mass is 79.9. The van der Waals surface area contributed by atoms with E-state index in [4.69, 9.17) is 4.74 Å². The largest absolute Gasteiger partial charge is 0.491 e. The monoisotopic (exact) mass is 403 g/mol. The van der Waals surface area contributed by atoms with Gasteiger partial charge in [0.2, 0.25) is 0 Å². The molecule has 0 aliphatic carbocycles. The van der Waals surface area contributed by atoms with Crippen molar-refractivity contribution in [1.82, 2.24) is 5.32 Å². The third-order valence-electron chi connectivity index (χ3n) is 2.74. The van der Waals surface area contributed by atoms with Crippen LogP contribution in [0.1, 0.15) is 32.3 Å². The maximum atomic E-state index is 5.81. The van der Waals surface area contributed by atoms with Crippen molar-refractivity contribution in [1.29, 1.82) is 0 Å². The summed E-state index contributed by atoms with van der Waals surface area (Å²) >= 11 is 7.17. The van der Waals surface area contributed by atoms with Crippen molar-refractivity contribution in [2.24, 2.45) is 5.92 Å². The molecule has 0 aromatic heterocycles. The average Bonchev–Trinajstić information content (AvgIpc) is 2.36. The van der Waals surface area contributed by atoms with Crippen molar-refractivity contribution in [3.63, 3.8) is 0 Å². The van der Waals surface area contributed by atoms with Crippen molar-refractivity contribution in [3.05, 3.63) is 39.3 Å². The van der Waals surface area contributed by atoms with Gasteiger partial charge in [-0.25, -0.2) is 0 Å². The van der Waals surface area contributed by atoms with Crippen LogP contribution in [0.15, 0.2) is 33.7 Å². The Hall–Kier alpha value is -0.320. The van der Waals surface area contributed by atoms with Gasteiger partial charge in [-0.05, 0) is 74.9 Å². The summed E-state index contributed by atoms with van der Waals surface area (Å²) in [6.07, 6.45) is 3.88. The number of halogens is 2. The van der Waals surface area contributed by atoms with Gasteiger partial charge in [0.05, 0.1) is 15.6 Å². The first-order valence-corrected chi connectivity index (χ1v) is 8.55. The predicted molar refractivity (Wildman–Crippen MR) is 93.3 cm³/mol. The molecule has 0 saturated carbocycles. The Kier molecular flexibility index (Phi) is 8.50. The fraction of sp³-hybridized carbons (Fsp3) is 0.500. The average molecular weight is 405 g/mol. The first-order chi connectivity index (χ1) is 9.54. The molecule has 0 amide bonds. The molecule has 4 heteroatoms. The fourth-order valence-corrected chi connectivity index (χ4v) is 3.27. The Morgan fingerprint density at radius 2 is 1.95 bits per heavy atom. The first kappa shape index (κ1) is 17.7. The Morgan fingerprint density at radius 3 is 2.50 bits per heavy atom. The molecule has 0 heterocycles. The summed E-state index contributed by atoms with van der Waals surface area (Å²) in [5.41, 5.74) is 1.24. The van der Waals surface area contributed by atoms with E-state index in [1.165, 1.54) is 5.56 Å². The highest BCUT2D eigenvalue weighted by Gasteiger charge is 2.09. The lowest BCUT2D eigenvalue weighted by molar-refractivity contribution is 0.308. The van der Waals surface area contributed by atoms with Gasteiger partial charge in [-0.15, -0.1) is 6.58 Å². The minimum Gasteiger partial charge on any atom is -0.491 e. The maximum Gasteiger partial charge on any atom is 0.147 e. The summed E-state index contributed by atoms with van der Waals surface area (Å²) in [5.74, 6) is 1.54. The van der Waals surface area contributed by atoms with Crippen LogP contribution >= 0.6 is 31.9 Å². The first-order valence-electron chi connectivity index (χ1n) is 6.97. The second-order valence-electron chi connectivity index (χ2n) is 5.19. The van der Waals surface area contributed by atoms with E-state index in [9.17, 15) is 0 Å². The lowest BCUT2D eigenvalue weighted by atomic mass is 10.2. The highest BCUT2D eigenvalue weighted by Crippen LogP contribution is 2.34. The van der Waals surface area contributed by atoms with Gasteiger partial charge in [0, 0.05) is 6.54 Å². The molecule has 1 aromatic rings. The zero-order valence-corrected chi connectivity index (χ0v) is 15.4. The second kappa shape index (κ2) is 9.59. The van der Waals surface area contributed by atoms with Gasteiger partial charge in [-0.2, -0.15) is 0 Å². The van der Waals surface area contributed by atoms with Crippen LogP contribution in [-0.4, -0.2) is 13.2 Å². The maximum absolute atomic E-state index is 5.81. The molecule has 0 radical (unpaired) electrons. The molecule has 0 spiro atoms. The van der Waals surface area contributed by atoms with Gasteiger partial charge in [0.15, 0.2) is 0 Å². The van der Waals surface area contributed by atoms with E-state index in [2.05, 4.69) is 69.7 Å². The number of hydrogen-bond acceptors (Lipinski definition) is 2. The van der Waals surface area contributed by atoms with Crippen LogP contribution < -0.4 is 10.1 Å². The van der Waals surface area contributed by atoms with E-state index in [1.54, 1.807) is 0 Å². The molecule has 0 bridgehead atoms. The topological polar surface area (TPSA) is 21.3 Å². The predicted octanol–water partition coefficient (Wildman–Crippen LogP) is 5.30.